The van der Waals surface area contributed by atoms with Crippen LogP contribution in [0.3, 0.4) is 0 Å². The normalized spacial score (nSPS) is 12.9. The molecular formula is C33H39N3O6S. The largest absolute Gasteiger partial charge is 0.467 e. The van der Waals surface area contributed by atoms with E-state index in [1.165, 1.54) is 11.8 Å². The second-order valence-corrected chi connectivity index (χ2v) is 12.0. The van der Waals surface area contributed by atoms with E-state index in [1.807, 2.05) is 91.0 Å². The Morgan fingerprint density at radius 3 is 1.63 bits per heavy atom. The van der Waals surface area contributed by atoms with E-state index in [4.69, 9.17) is 15.2 Å². The summed E-state index contributed by atoms with van der Waals surface area (Å²) in [6, 6.07) is 27.2. The fourth-order valence-electron chi connectivity index (χ4n) is 4.57. The topological polar surface area (TPSA) is 137 Å². The number of methoxy groups -OCH3 is 1. The van der Waals surface area contributed by atoms with Crippen LogP contribution in [0.5, 0.6) is 0 Å². The molecule has 3 aromatic carbocycles. The Balaban J connectivity index is 2.00. The predicted octanol–water partition coefficient (Wildman–Crippen LogP) is 3.54. The second kappa shape index (κ2) is 15.4. The smallest absolute Gasteiger partial charge is 0.328 e. The zero-order chi connectivity index (χ0) is 31.5. The number of nitrogens with one attached hydrogen (secondary N) is 2. The molecular weight excluding hydrogens is 566 g/mol. The van der Waals surface area contributed by atoms with Gasteiger partial charge < -0.3 is 25.8 Å². The summed E-state index contributed by atoms with van der Waals surface area (Å²) in [4.78, 5) is 51.2. The fraction of sp³-hybridized carbons (Fsp3) is 0.333. The van der Waals surface area contributed by atoms with E-state index in [9.17, 15) is 19.2 Å². The van der Waals surface area contributed by atoms with Gasteiger partial charge in [-0.25, -0.2) is 4.79 Å². The number of benzene rings is 3. The monoisotopic (exact) mass is 605 g/mol. The van der Waals surface area contributed by atoms with E-state index < -0.39 is 52.6 Å². The van der Waals surface area contributed by atoms with Gasteiger partial charge in [0.15, 0.2) is 0 Å². The van der Waals surface area contributed by atoms with Crippen LogP contribution >= 0.6 is 11.8 Å². The van der Waals surface area contributed by atoms with Crippen molar-refractivity contribution in [2.24, 2.45) is 5.73 Å². The Hall–Kier alpha value is -4.15. The summed E-state index contributed by atoms with van der Waals surface area (Å²) in [7, 11) is 1.16. The number of rotatable bonds is 13. The lowest BCUT2D eigenvalue weighted by molar-refractivity contribution is -0.159. The van der Waals surface area contributed by atoms with Gasteiger partial charge in [-0.15, -0.1) is 11.8 Å². The van der Waals surface area contributed by atoms with Crippen LogP contribution in [0, 0.1) is 0 Å². The van der Waals surface area contributed by atoms with Crippen LogP contribution in [-0.2, 0) is 33.4 Å². The maximum absolute atomic E-state index is 13.7. The Morgan fingerprint density at radius 1 is 0.767 bits per heavy atom. The van der Waals surface area contributed by atoms with Crippen LogP contribution in [0.25, 0.3) is 0 Å². The zero-order valence-electron chi connectivity index (χ0n) is 24.9. The van der Waals surface area contributed by atoms with E-state index in [0.717, 1.165) is 23.8 Å². The summed E-state index contributed by atoms with van der Waals surface area (Å²) in [5.74, 6) is -2.63. The molecule has 0 aliphatic heterocycles. The minimum Gasteiger partial charge on any atom is -0.467 e. The van der Waals surface area contributed by atoms with Crippen LogP contribution in [-0.4, -0.2) is 60.8 Å². The highest BCUT2D eigenvalue weighted by Gasteiger charge is 2.39. The predicted molar refractivity (Wildman–Crippen MR) is 167 cm³/mol. The molecule has 0 unspecified atom stereocenters. The Bertz CT molecular complexity index is 1270. The van der Waals surface area contributed by atoms with Gasteiger partial charge in [0.1, 0.15) is 17.7 Å². The highest BCUT2D eigenvalue weighted by atomic mass is 32.2. The third-order valence-electron chi connectivity index (χ3n) is 6.44. The number of nitrogens with two attached hydrogens (primary N) is 1. The lowest BCUT2D eigenvalue weighted by atomic mass is 9.84. The minimum atomic E-state index is -1.32. The van der Waals surface area contributed by atoms with Crippen molar-refractivity contribution >= 4 is 35.5 Å². The standard InChI is InChI=1S/C33H39N3O6S/c1-32(2,3)42-29(38)20-26(31(40)41-4)36-30(39)27(35-28(37)21-34)22-43-33(23-14-8-5-9-15-23,24-16-10-6-11-17-24)25-18-12-7-13-19-25/h5-19,26-27H,20-22,34H2,1-4H3,(H,35,37)(H,36,39)/t26-,27-/m0/s1. The SMILES string of the molecule is COC(=O)[C@H](CC(=O)OC(C)(C)C)NC(=O)[C@H](CSC(c1ccccc1)(c1ccccc1)c1ccccc1)NC(=O)CN. The van der Waals surface area contributed by atoms with Crippen LogP contribution in [0.4, 0.5) is 0 Å². The van der Waals surface area contributed by atoms with Crippen LogP contribution in [0.1, 0.15) is 43.9 Å². The molecule has 0 radical (unpaired) electrons. The molecule has 0 heterocycles. The molecule has 2 amide bonds. The molecule has 4 N–H and O–H groups in total. The van der Waals surface area contributed by atoms with Crippen LogP contribution in [0.2, 0.25) is 0 Å². The average Bonchev–Trinajstić information content (AvgIpc) is 3.00. The summed E-state index contributed by atoms with van der Waals surface area (Å²) in [6.07, 6.45) is -0.442. The number of esters is 2. The number of carbonyl (C=O) groups is 4. The summed E-state index contributed by atoms with van der Waals surface area (Å²) in [5.41, 5.74) is 7.71. The van der Waals surface area contributed by atoms with E-state index in [-0.39, 0.29) is 12.3 Å². The molecule has 2 atom stereocenters. The lowest BCUT2D eigenvalue weighted by Crippen LogP contribution is -2.54. The van der Waals surface area contributed by atoms with Crippen LogP contribution < -0.4 is 16.4 Å². The molecule has 43 heavy (non-hydrogen) atoms. The van der Waals surface area contributed by atoms with Crippen LogP contribution in [0.15, 0.2) is 91.0 Å². The molecule has 0 aromatic heterocycles. The van der Waals surface area contributed by atoms with E-state index in [1.54, 1.807) is 20.8 Å². The van der Waals surface area contributed by atoms with Crippen molar-refractivity contribution in [3.05, 3.63) is 108 Å². The third kappa shape index (κ3) is 9.17. The first-order valence-electron chi connectivity index (χ1n) is 13.9. The minimum absolute atomic E-state index is 0.0938. The van der Waals surface area contributed by atoms with Gasteiger partial charge in [-0.1, -0.05) is 91.0 Å². The fourth-order valence-corrected chi connectivity index (χ4v) is 6.13. The molecule has 0 fully saturated rings. The summed E-state index contributed by atoms with van der Waals surface area (Å²) in [5, 5.41) is 5.27. The van der Waals surface area contributed by atoms with Crippen molar-refractivity contribution in [1.82, 2.24) is 10.6 Å². The zero-order valence-corrected chi connectivity index (χ0v) is 25.7. The van der Waals surface area contributed by atoms with Crippen molar-refractivity contribution in [2.45, 2.75) is 49.6 Å². The van der Waals surface area contributed by atoms with Gasteiger partial charge in [-0.2, -0.15) is 0 Å². The molecule has 9 nitrogen and oxygen atoms in total. The lowest BCUT2D eigenvalue weighted by Gasteiger charge is -2.36. The van der Waals surface area contributed by atoms with Crippen molar-refractivity contribution in [1.29, 1.82) is 0 Å². The second-order valence-electron chi connectivity index (χ2n) is 10.8. The molecule has 0 aliphatic carbocycles. The van der Waals surface area contributed by atoms with Crippen molar-refractivity contribution < 1.29 is 28.7 Å². The Kier molecular flexibility index (Phi) is 11.9. The molecule has 3 rings (SSSR count). The Morgan fingerprint density at radius 2 is 1.23 bits per heavy atom. The van der Waals surface area contributed by atoms with E-state index >= 15 is 0 Å². The molecule has 0 saturated carbocycles. The van der Waals surface area contributed by atoms with Gasteiger partial charge in [0, 0.05) is 5.75 Å². The molecule has 0 saturated heterocycles. The first-order valence-corrected chi connectivity index (χ1v) is 14.9. The number of hydrogen-bond acceptors (Lipinski definition) is 8. The summed E-state index contributed by atoms with van der Waals surface area (Å²) < 4.78 is 9.41. The number of amides is 2. The summed E-state index contributed by atoms with van der Waals surface area (Å²) in [6.45, 7) is 4.76. The van der Waals surface area contributed by atoms with Gasteiger partial charge in [-0.3, -0.25) is 14.4 Å². The van der Waals surface area contributed by atoms with Crippen molar-refractivity contribution in [2.75, 3.05) is 19.4 Å². The quantitative estimate of drug-likeness (QED) is 0.199. The highest BCUT2D eigenvalue weighted by molar-refractivity contribution is 8.00. The maximum Gasteiger partial charge on any atom is 0.328 e. The molecule has 228 valence electrons. The molecule has 0 spiro atoms. The maximum atomic E-state index is 13.7. The first-order chi connectivity index (χ1) is 20.5. The highest BCUT2D eigenvalue weighted by Crippen LogP contribution is 2.48. The number of ether oxygens (including phenoxy) is 2. The molecule has 0 aliphatic rings. The number of carbonyl (C=O) groups excluding carboxylic acids is 4. The molecule has 3 aromatic rings. The van der Waals surface area contributed by atoms with Gasteiger partial charge in [-0.05, 0) is 37.5 Å². The molecule has 10 heteroatoms. The van der Waals surface area contributed by atoms with Crippen molar-refractivity contribution in [3.63, 3.8) is 0 Å². The van der Waals surface area contributed by atoms with E-state index in [0.29, 0.717) is 0 Å². The van der Waals surface area contributed by atoms with Gasteiger partial charge in [0.25, 0.3) is 0 Å². The first kappa shape index (κ1) is 33.4. The van der Waals surface area contributed by atoms with Gasteiger partial charge in [0.2, 0.25) is 11.8 Å². The van der Waals surface area contributed by atoms with Gasteiger partial charge in [0.05, 0.1) is 24.8 Å². The average molecular weight is 606 g/mol. The summed E-state index contributed by atoms with van der Waals surface area (Å²) >= 11 is 1.46. The van der Waals surface area contributed by atoms with E-state index in [2.05, 4.69) is 10.6 Å². The third-order valence-corrected chi connectivity index (χ3v) is 8.08. The number of thioether (sulfide) groups is 1. The van der Waals surface area contributed by atoms with Gasteiger partial charge >= 0.3 is 11.9 Å². The Labute approximate surface area is 256 Å². The van der Waals surface area contributed by atoms with Crippen molar-refractivity contribution in [3.8, 4) is 0 Å². The molecule has 0 bridgehead atoms. The number of hydrogen-bond donors (Lipinski definition) is 3.